The number of carbonyl (C=O) groups is 2. The summed E-state index contributed by atoms with van der Waals surface area (Å²) in [4.78, 5) is 29.8. The number of anilines is 1. The number of fused-ring (bicyclic) bond motifs is 4. The maximum absolute atomic E-state index is 14.6. The summed E-state index contributed by atoms with van der Waals surface area (Å²) in [6.07, 6.45) is 12.8. The van der Waals surface area contributed by atoms with Crippen LogP contribution in [0.3, 0.4) is 0 Å². The zero-order chi connectivity index (χ0) is 36.5. The predicted molar refractivity (Wildman–Crippen MR) is 201 cm³/mol. The molecule has 2 amide bonds. The van der Waals surface area contributed by atoms with E-state index in [9.17, 15) is 13.8 Å². The Morgan fingerprint density at radius 3 is 2.85 bits per heavy atom. The minimum absolute atomic E-state index is 0.0115. The largest absolute Gasteiger partial charge is 0.490 e. The molecular formula is C39H48ClN5O6S. The molecule has 52 heavy (non-hydrogen) atoms. The fourth-order valence-corrected chi connectivity index (χ4v) is 10.4. The molecule has 2 aliphatic heterocycles. The Labute approximate surface area is 311 Å². The van der Waals surface area contributed by atoms with Gasteiger partial charge in [-0.3, -0.25) is 19.0 Å². The van der Waals surface area contributed by atoms with Gasteiger partial charge in [0, 0.05) is 49.5 Å². The van der Waals surface area contributed by atoms with Crippen LogP contribution < -0.4 is 14.4 Å². The van der Waals surface area contributed by atoms with Crippen molar-refractivity contribution in [3.8, 4) is 5.75 Å². The van der Waals surface area contributed by atoms with E-state index in [2.05, 4.69) is 43.4 Å². The highest BCUT2D eigenvalue weighted by atomic mass is 35.5. The van der Waals surface area contributed by atoms with Gasteiger partial charge in [-0.1, -0.05) is 36.7 Å². The highest BCUT2D eigenvalue weighted by Crippen LogP contribution is 2.47. The van der Waals surface area contributed by atoms with Gasteiger partial charge >= 0.3 is 0 Å². The summed E-state index contributed by atoms with van der Waals surface area (Å²) in [6, 6.07) is 11.6. The molecule has 1 fully saturated rings. The van der Waals surface area contributed by atoms with E-state index >= 15 is 0 Å². The van der Waals surface area contributed by atoms with Crippen molar-refractivity contribution in [3.05, 3.63) is 88.2 Å². The number of nitrogens with zero attached hydrogens (tertiary/aromatic N) is 4. The molecular weight excluding hydrogens is 702 g/mol. The van der Waals surface area contributed by atoms with E-state index in [4.69, 9.17) is 25.8 Å². The number of aromatic nitrogens is 2. The molecule has 0 saturated heterocycles. The average molecular weight is 750 g/mol. The quantitative estimate of drug-likeness (QED) is 0.294. The van der Waals surface area contributed by atoms with Crippen molar-refractivity contribution in [2.45, 2.75) is 63.5 Å². The molecule has 1 N–H and O–H groups in total. The Bertz CT molecular complexity index is 1970. The minimum atomic E-state index is -3.55. The van der Waals surface area contributed by atoms with Crippen LogP contribution in [-0.4, -0.2) is 78.2 Å². The summed E-state index contributed by atoms with van der Waals surface area (Å²) in [7, 11) is -0.206. The second-order valence-electron chi connectivity index (χ2n) is 14.9. The van der Waals surface area contributed by atoms with Crippen LogP contribution in [0.5, 0.6) is 5.75 Å². The lowest BCUT2D eigenvalue weighted by Crippen LogP contribution is -2.49. The van der Waals surface area contributed by atoms with Gasteiger partial charge in [-0.2, -0.15) is 5.10 Å². The molecule has 2 bridgehead atoms. The van der Waals surface area contributed by atoms with E-state index in [1.165, 1.54) is 17.3 Å². The third-order valence-corrected chi connectivity index (χ3v) is 13.4. The Hall–Kier alpha value is -3.71. The molecule has 1 unspecified atom stereocenters. The number of allylic oxidation sites excluding steroid dienone is 1. The van der Waals surface area contributed by atoms with Crippen molar-refractivity contribution in [2.75, 3.05) is 51.2 Å². The maximum Gasteiger partial charge on any atom is 0.286 e. The Balaban J connectivity index is 1.27. The zero-order valence-corrected chi connectivity index (χ0v) is 31.7. The molecule has 0 radical (unpaired) electrons. The topological polar surface area (TPSA) is 124 Å². The second kappa shape index (κ2) is 15.3. The molecule has 3 aromatic rings. The molecule has 2 aliphatic carbocycles. The minimum Gasteiger partial charge on any atom is -0.490 e. The summed E-state index contributed by atoms with van der Waals surface area (Å²) in [5.74, 6) is -0.0277. The Morgan fingerprint density at radius 1 is 1.19 bits per heavy atom. The van der Waals surface area contributed by atoms with Crippen LogP contribution >= 0.6 is 11.6 Å². The van der Waals surface area contributed by atoms with Crippen molar-refractivity contribution in [1.29, 1.82) is 0 Å². The number of halogens is 1. The van der Waals surface area contributed by atoms with E-state index in [1.807, 2.05) is 25.1 Å². The van der Waals surface area contributed by atoms with Crippen LogP contribution in [0.25, 0.3) is 0 Å². The van der Waals surface area contributed by atoms with Crippen LogP contribution in [0, 0.1) is 17.8 Å². The van der Waals surface area contributed by atoms with Gasteiger partial charge in [-0.25, -0.2) is 4.21 Å². The fraction of sp³-hybridized carbons (Fsp3) is 0.513. The lowest BCUT2D eigenvalue weighted by molar-refractivity contribution is 0.0131. The van der Waals surface area contributed by atoms with Gasteiger partial charge in [0.1, 0.15) is 15.7 Å². The van der Waals surface area contributed by atoms with Gasteiger partial charge in [0.2, 0.25) is 0 Å². The monoisotopic (exact) mass is 749 g/mol. The molecule has 7 rings (SSSR count). The number of hydrogen-bond donors (Lipinski definition) is 1. The van der Waals surface area contributed by atoms with Crippen molar-refractivity contribution >= 4 is 39.0 Å². The summed E-state index contributed by atoms with van der Waals surface area (Å²) >= 11 is 6.46. The lowest BCUT2D eigenvalue weighted by atomic mass is 9.68. The van der Waals surface area contributed by atoms with E-state index in [-0.39, 0.29) is 34.3 Å². The number of hydrogen-bond acceptors (Lipinski definition) is 8. The Kier molecular flexibility index (Phi) is 10.8. The van der Waals surface area contributed by atoms with Gasteiger partial charge in [0.25, 0.3) is 11.8 Å². The van der Waals surface area contributed by atoms with Crippen LogP contribution in [-0.2, 0) is 37.8 Å². The number of amides is 2. The maximum atomic E-state index is 14.6. The molecule has 2 aromatic carbocycles. The van der Waals surface area contributed by atoms with Crippen molar-refractivity contribution in [3.63, 3.8) is 0 Å². The number of nitrogens with one attached hydrogen (secondary N) is 1. The summed E-state index contributed by atoms with van der Waals surface area (Å²) in [5.41, 5.74) is 3.58. The van der Waals surface area contributed by atoms with Crippen molar-refractivity contribution < 1.29 is 28.0 Å². The van der Waals surface area contributed by atoms with Gasteiger partial charge < -0.3 is 19.1 Å². The molecule has 1 aromatic heterocycles. The van der Waals surface area contributed by atoms with Crippen molar-refractivity contribution in [1.82, 2.24) is 14.5 Å². The summed E-state index contributed by atoms with van der Waals surface area (Å²) in [5, 5.41) is 4.95. The number of methoxy groups -OCH3 is 2. The molecule has 3 heterocycles. The standard InChI is InChI=1S/C39H48ClN5O6S/c1-26-6-4-8-35(50-3)32-12-9-29(32)21-44-24-39(15-5-7-27-18-31(40)11-13-33(27)39)25-51-36-14-10-28(19-34(36)44)37(46)42-52(48,23-26)43-38(47)30-20-41-45(22-30)16-17-49-2/h4,8,10-11,13-14,18-20,22,26,29,32,35H,5-7,9,12,15-17,21,23-25H2,1-3H3,(H,42,43,46,47,48)/b8-4-/t26-,29-,32+,35-,39-,52?/m0/s1. The van der Waals surface area contributed by atoms with E-state index < -0.39 is 21.7 Å². The number of rotatable bonds is 6. The van der Waals surface area contributed by atoms with Crippen molar-refractivity contribution in [2.24, 2.45) is 22.1 Å². The molecule has 278 valence electrons. The number of carbonyl (C=O) groups excluding carboxylic acids is 2. The molecule has 13 heteroatoms. The van der Waals surface area contributed by atoms with Gasteiger partial charge in [0.05, 0.1) is 49.1 Å². The normalized spacial score (nSPS) is 29.5. The smallest absolute Gasteiger partial charge is 0.286 e. The van der Waals surface area contributed by atoms with Gasteiger partial charge in [-0.15, -0.1) is 4.36 Å². The second-order valence-corrected chi connectivity index (χ2v) is 17.3. The summed E-state index contributed by atoms with van der Waals surface area (Å²) in [6.45, 7) is 4.81. The molecule has 11 nitrogen and oxygen atoms in total. The van der Waals surface area contributed by atoms with E-state index in [1.54, 1.807) is 31.2 Å². The number of ether oxygens (including phenoxy) is 3. The first kappa shape index (κ1) is 36.6. The Morgan fingerprint density at radius 2 is 2.06 bits per heavy atom. The van der Waals surface area contributed by atoms with Crippen LogP contribution in [0.2, 0.25) is 5.02 Å². The van der Waals surface area contributed by atoms with Crippen LogP contribution in [0.15, 0.2) is 65.3 Å². The van der Waals surface area contributed by atoms with Gasteiger partial charge in [-0.05, 0) is 97.7 Å². The molecule has 4 aliphatic rings. The van der Waals surface area contributed by atoms with Crippen LogP contribution in [0.4, 0.5) is 5.69 Å². The first-order valence-electron chi connectivity index (χ1n) is 18.2. The summed E-state index contributed by atoms with van der Waals surface area (Å²) < 4.78 is 40.9. The average Bonchev–Trinajstić information content (AvgIpc) is 3.53. The van der Waals surface area contributed by atoms with E-state index in [0.717, 1.165) is 49.4 Å². The number of benzene rings is 2. The third-order valence-electron chi connectivity index (χ3n) is 11.2. The third kappa shape index (κ3) is 7.67. The van der Waals surface area contributed by atoms with Gasteiger partial charge in [0.15, 0.2) is 0 Å². The zero-order valence-electron chi connectivity index (χ0n) is 30.1. The SMILES string of the molecule is COCCn1cc(C(=O)NS2(=O)=NC(=O)c3ccc4c(c3)N(C[C@@H]3CC[C@H]3[C@@H](OC)/C=C\C[C@H](C)C2)C[C@@]2(CCCc3cc(Cl)ccc32)CO4)cn1. The van der Waals surface area contributed by atoms with E-state index in [0.29, 0.717) is 50.3 Å². The van der Waals surface area contributed by atoms with Crippen LogP contribution in [0.1, 0.15) is 70.9 Å². The molecule has 6 atom stereocenters. The fourth-order valence-electron chi connectivity index (χ4n) is 8.36. The molecule has 1 saturated carbocycles. The first-order chi connectivity index (χ1) is 25.1. The predicted octanol–water partition coefficient (Wildman–Crippen LogP) is 6.25. The highest BCUT2D eigenvalue weighted by molar-refractivity contribution is 7.92. The number of aryl methyl sites for hydroxylation is 1. The molecule has 1 spiro atoms. The highest BCUT2D eigenvalue weighted by Gasteiger charge is 2.44. The lowest BCUT2D eigenvalue weighted by Gasteiger charge is -2.46. The first-order valence-corrected chi connectivity index (χ1v) is 20.3.